The second-order valence-electron chi connectivity index (χ2n) is 6.95. The molecule has 3 aromatic rings. The lowest BCUT2D eigenvalue weighted by molar-refractivity contribution is -0.122. The molecule has 1 aliphatic rings. The van der Waals surface area contributed by atoms with Crippen molar-refractivity contribution in [3.8, 4) is 0 Å². The summed E-state index contributed by atoms with van der Waals surface area (Å²) in [4.78, 5) is 31.1. The van der Waals surface area contributed by atoms with E-state index in [2.05, 4.69) is 4.98 Å². The van der Waals surface area contributed by atoms with Gasteiger partial charge in [-0.15, -0.1) is 0 Å². The number of amides is 1. The average Bonchev–Trinajstić information content (AvgIpc) is 3.09. The van der Waals surface area contributed by atoms with Gasteiger partial charge in [0.25, 0.3) is 5.91 Å². The summed E-state index contributed by atoms with van der Waals surface area (Å²) in [5.41, 5.74) is 3.97. The first-order valence-electron chi connectivity index (χ1n) is 9.05. The fraction of sp³-hybridized carbons (Fsp3) is 0.286. The summed E-state index contributed by atoms with van der Waals surface area (Å²) in [6.07, 6.45) is 5.29. The molecule has 6 nitrogen and oxygen atoms in total. The fourth-order valence-corrected chi connectivity index (χ4v) is 3.52. The number of benzene rings is 1. The maximum Gasteiger partial charge on any atom is 0.359 e. The van der Waals surface area contributed by atoms with Gasteiger partial charge in [-0.05, 0) is 56.0 Å². The van der Waals surface area contributed by atoms with Crippen molar-refractivity contribution in [2.45, 2.75) is 32.7 Å². The molecule has 138 valence electrons. The SMILES string of the molecule is Cc1ccn2cc(C(=O)OCC(=O)N3c4ccccc4CC[C@H]3C)nc2c1. The Morgan fingerprint density at radius 3 is 2.93 bits per heavy atom. The Hall–Kier alpha value is -3.15. The van der Waals surface area contributed by atoms with E-state index in [1.807, 2.05) is 56.4 Å². The predicted molar refractivity (Wildman–Crippen MR) is 102 cm³/mol. The molecule has 0 bridgehead atoms. The number of hydrogen-bond acceptors (Lipinski definition) is 4. The zero-order chi connectivity index (χ0) is 19.0. The van der Waals surface area contributed by atoms with E-state index in [1.165, 1.54) is 0 Å². The fourth-order valence-electron chi connectivity index (χ4n) is 3.52. The minimum absolute atomic E-state index is 0.0734. The number of carbonyl (C=O) groups is 2. The van der Waals surface area contributed by atoms with Gasteiger partial charge in [0, 0.05) is 24.1 Å². The van der Waals surface area contributed by atoms with Gasteiger partial charge in [0.05, 0.1) is 0 Å². The topological polar surface area (TPSA) is 63.9 Å². The minimum atomic E-state index is -0.595. The molecule has 27 heavy (non-hydrogen) atoms. The van der Waals surface area contributed by atoms with Crippen LogP contribution in [0.25, 0.3) is 5.65 Å². The minimum Gasteiger partial charge on any atom is -0.451 e. The maximum absolute atomic E-state index is 12.7. The van der Waals surface area contributed by atoms with Crippen LogP contribution in [-0.2, 0) is 16.0 Å². The van der Waals surface area contributed by atoms with Crippen LogP contribution in [0.4, 0.5) is 5.69 Å². The second kappa shape index (κ2) is 6.87. The number of aromatic nitrogens is 2. The van der Waals surface area contributed by atoms with E-state index >= 15 is 0 Å². The van der Waals surface area contributed by atoms with Crippen molar-refractivity contribution in [3.05, 3.63) is 65.6 Å². The van der Waals surface area contributed by atoms with Crippen molar-refractivity contribution in [2.24, 2.45) is 0 Å². The summed E-state index contributed by atoms with van der Waals surface area (Å²) in [5, 5.41) is 0. The molecule has 0 fully saturated rings. The van der Waals surface area contributed by atoms with E-state index in [0.29, 0.717) is 5.65 Å². The van der Waals surface area contributed by atoms with Gasteiger partial charge in [-0.25, -0.2) is 9.78 Å². The maximum atomic E-state index is 12.7. The zero-order valence-corrected chi connectivity index (χ0v) is 15.4. The normalized spacial score (nSPS) is 16.2. The predicted octanol–water partition coefficient (Wildman–Crippen LogP) is 3.17. The lowest BCUT2D eigenvalue weighted by Gasteiger charge is -2.35. The van der Waals surface area contributed by atoms with Crippen LogP contribution in [-0.4, -0.2) is 33.9 Å². The highest BCUT2D eigenvalue weighted by Gasteiger charge is 2.28. The van der Waals surface area contributed by atoms with Gasteiger partial charge >= 0.3 is 5.97 Å². The van der Waals surface area contributed by atoms with Crippen LogP contribution in [0.3, 0.4) is 0 Å². The molecule has 0 saturated carbocycles. The number of ether oxygens (including phenoxy) is 1. The summed E-state index contributed by atoms with van der Waals surface area (Å²) in [5.74, 6) is -0.815. The van der Waals surface area contributed by atoms with E-state index in [9.17, 15) is 9.59 Å². The lowest BCUT2D eigenvalue weighted by atomic mass is 9.96. The number of rotatable bonds is 3. The summed E-state index contributed by atoms with van der Waals surface area (Å²) in [6.45, 7) is 3.67. The number of carbonyl (C=O) groups excluding carboxylic acids is 2. The first-order chi connectivity index (χ1) is 13.0. The van der Waals surface area contributed by atoms with Crippen LogP contribution >= 0.6 is 0 Å². The van der Waals surface area contributed by atoms with Crippen LogP contribution in [0, 0.1) is 6.92 Å². The Balaban J connectivity index is 1.47. The Morgan fingerprint density at radius 2 is 2.07 bits per heavy atom. The van der Waals surface area contributed by atoms with Gasteiger partial charge in [0.1, 0.15) is 5.65 Å². The summed E-state index contributed by atoms with van der Waals surface area (Å²) < 4.78 is 7.02. The van der Waals surface area contributed by atoms with Gasteiger partial charge < -0.3 is 14.0 Å². The molecule has 1 aromatic carbocycles. The standard InChI is InChI=1S/C21H21N3O3/c1-14-9-10-23-12-17(22-19(23)11-14)21(26)27-13-20(25)24-15(2)7-8-16-5-3-4-6-18(16)24/h3-6,9-12,15H,7-8,13H2,1-2H3/t15-/m1/s1. The molecule has 1 atom stereocenters. The lowest BCUT2D eigenvalue weighted by Crippen LogP contribution is -2.44. The molecule has 0 spiro atoms. The molecule has 1 amide bonds. The number of aryl methyl sites for hydroxylation is 2. The molecule has 0 N–H and O–H groups in total. The highest BCUT2D eigenvalue weighted by molar-refractivity contribution is 5.98. The van der Waals surface area contributed by atoms with Crippen LogP contribution in [0.15, 0.2) is 48.8 Å². The van der Waals surface area contributed by atoms with Crippen LogP contribution < -0.4 is 4.90 Å². The molecule has 0 saturated heterocycles. The van der Waals surface area contributed by atoms with E-state index in [-0.39, 0.29) is 24.2 Å². The monoisotopic (exact) mass is 363 g/mol. The molecule has 4 rings (SSSR count). The average molecular weight is 363 g/mol. The number of para-hydroxylation sites is 1. The highest BCUT2D eigenvalue weighted by atomic mass is 16.5. The van der Waals surface area contributed by atoms with E-state index in [0.717, 1.165) is 29.7 Å². The van der Waals surface area contributed by atoms with Crippen molar-refractivity contribution in [1.82, 2.24) is 9.38 Å². The van der Waals surface area contributed by atoms with Gasteiger partial charge in [0.15, 0.2) is 12.3 Å². The number of fused-ring (bicyclic) bond motifs is 2. The van der Waals surface area contributed by atoms with Gasteiger partial charge in [-0.2, -0.15) is 0 Å². The number of nitrogens with zero attached hydrogens (tertiary/aromatic N) is 3. The molecular weight excluding hydrogens is 342 g/mol. The Kier molecular flexibility index (Phi) is 4.39. The molecule has 2 aromatic heterocycles. The summed E-state index contributed by atoms with van der Waals surface area (Å²) >= 11 is 0. The van der Waals surface area contributed by atoms with E-state index in [4.69, 9.17) is 4.74 Å². The van der Waals surface area contributed by atoms with Gasteiger partial charge in [-0.3, -0.25) is 4.79 Å². The number of hydrogen-bond donors (Lipinski definition) is 0. The smallest absolute Gasteiger partial charge is 0.359 e. The molecular formula is C21H21N3O3. The number of pyridine rings is 1. The van der Waals surface area contributed by atoms with Crippen molar-refractivity contribution in [1.29, 1.82) is 0 Å². The van der Waals surface area contributed by atoms with Crippen LogP contribution in [0.1, 0.15) is 35.0 Å². The van der Waals surface area contributed by atoms with Gasteiger partial charge in [0.2, 0.25) is 0 Å². The summed E-state index contributed by atoms with van der Waals surface area (Å²) in [7, 11) is 0. The largest absolute Gasteiger partial charge is 0.451 e. The molecule has 6 heteroatoms. The van der Waals surface area contributed by atoms with Crippen LogP contribution in [0.5, 0.6) is 0 Å². The van der Waals surface area contributed by atoms with Crippen LogP contribution in [0.2, 0.25) is 0 Å². The Labute approximate surface area is 157 Å². The van der Waals surface area contributed by atoms with Crippen molar-refractivity contribution in [3.63, 3.8) is 0 Å². The number of imidazole rings is 1. The Bertz CT molecular complexity index is 1020. The van der Waals surface area contributed by atoms with Gasteiger partial charge in [-0.1, -0.05) is 18.2 Å². The van der Waals surface area contributed by atoms with E-state index in [1.54, 1.807) is 15.5 Å². The zero-order valence-electron chi connectivity index (χ0n) is 15.4. The number of anilines is 1. The van der Waals surface area contributed by atoms with E-state index < -0.39 is 5.97 Å². The molecule has 3 heterocycles. The molecule has 0 aliphatic carbocycles. The second-order valence-corrected chi connectivity index (χ2v) is 6.95. The van der Waals surface area contributed by atoms with Crippen molar-refractivity contribution < 1.29 is 14.3 Å². The third kappa shape index (κ3) is 3.30. The number of esters is 1. The summed E-state index contributed by atoms with van der Waals surface area (Å²) in [6, 6.07) is 11.8. The van der Waals surface area contributed by atoms with Crippen molar-refractivity contribution in [2.75, 3.05) is 11.5 Å². The Morgan fingerprint density at radius 1 is 1.26 bits per heavy atom. The van der Waals surface area contributed by atoms with Crippen molar-refractivity contribution >= 4 is 23.2 Å². The molecule has 0 radical (unpaired) electrons. The first kappa shape index (κ1) is 17.3. The quantitative estimate of drug-likeness (QED) is 0.671. The third-order valence-corrected chi connectivity index (χ3v) is 4.94. The highest BCUT2D eigenvalue weighted by Crippen LogP contribution is 2.30. The molecule has 0 unspecified atom stereocenters. The third-order valence-electron chi connectivity index (χ3n) is 4.94. The first-order valence-corrected chi connectivity index (χ1v) is 9.05. The molecule has 1 aliphatic heterocycles.